The molecule has 0 aliphatic rings. The second-order valence-electron chi connectivity index (χ2n) is 6.21. The van der Waals surface area contributed by atoms with Crippen LogP contribution in [-0.4, -0.2) is 37.4 Å². The first-order valence-corrected chi connectivity index (χ1v) is 7.53. The topological polar surface area (TPSA) is 72.6 Å². The van der Waals surface area contributed by atoms with E-state index in [4.69, 9.17) is 14.2 Å². The highest BCUT2D eigenvalue weighted by molar-refractivity contribution is 5.93. The fourth-order valence-corrected chi connectivity index (χ4v) is 2.41. The van der Waals surface area contributed by atoms with E-state index in [2.05, 4.69) is 10.3 Å². The molecule has 0 saturated carbocycles. The van der Waals surface area contributed by atoms with Crippen molar-refractivity contribution in [3.05, 3.63) is 23.9 Å². The highest BCUT2D eigenvalue weighted by Crippen LogP contribution is 2.35. The Morgan fingerprint density at radius 1 is 1.17 bits per heavy atom. The number of ether oxygens (including phenoxy) is 3. The number of carbonyl (C=O) groups excluding carboxylic acids is 1. The van der Waals surface area contributed by atoms with Crippen LogP contribution in [0.15, 0.2) is 18.3 Å². The zero-order valence-electron chi connectivity index (χ0n) is 14.3. The van der Waals surface area contributed by atoms with Gasteiger partial charge in [-0.15, -0.1) is 0 Å². The minimum Gasteiger partial charge on any atom is -0.496 e. The summed E-state index contributed by atoms with van der Waals surface area (Å²) in [5, 5.41) is 3.73. The van der Waals surface area contributed by atoms with E-state index in [1.807, 2.05) is 39.1 Å². The Labute approximate surface area is 136 Å². The monoisotopic (exact) mass is 320 g/mol. The summed E-state index contributed by atoms with van der Waals surface area (Å²) in [6, 6.07) is 3.74. The van der Waals surface area contributed by atoms with Gasteiger partial charge in [0.05, 0.1) is 19.7 Å². The molecule has 0 atom stereocenters. The summed E-state index contributed by atoms with van der Waals surface area (Å²) in [6.45, 7) is 5.98. The van der Waals surface area contributed by atoms with Gasteiger partial charge in [-0.1, -0.05) is 0 Å². The standard InChI is InChI=1S/C17H24N2O4/c1-17(2,3)23-16(20)18-9-8-11-10-19-15-13(22-5)7-6-12(21-4)14(11)15/h6-7,10,19H,8-9H2,1-5H3,(H,18,20). The van der Waals surface area contributed by atoms with E-state index in [-0.39, 0.29) is 0 Å². The molecule has 6 heteroatoms. The number of hydrogen-bond donors (Lipinski definition) is 2. The van der Waals surface area contributed by atoms with E-state index in [0.717, 1.165) is 28.0 Å². The van der Waals surface area contributed by atoms with Crippen molar-refractivity contribution >= 4 is 17.0 Å². The van der Waals surface area contributed by atoms with E-state index in [1.54, 1.807) is 14.2 Å². The van der Waals surface area contributed by atoms with Gasteiger partial charge in [0.1, 0.15) is 17.1 Å². The van der Waals surface area contributed by atoms with Gasteiger partial charge in [0.2, 0.25) is 0 Å². The lowest BCUT2D eigenvalue weighted by atomic mass is 10.1. The van der Waals surface area contributed by atoms with Gasteiger partial charge in [-0.25, -0.2) is 4.79 Å². The fourth-order valence-electron chi connectivity index (χ4n) is 2.41. The number of amides is 1. The van der Waals surface area contributed by atoms with Gasteiger partial charge >= 0.3 is 6.09 Å². The molecule has 0 unspecified atom stereocenters. The quantitative estimate of drug-likeness (QED) is 0.887. The third-order valence-electron chi connectivity index (χ3n) is 3.34. The summed E-state index contributed by atoms with van der Waals surface area (Å²) in [7, 11) is 3.27. The van der Waals surface area contributed by atoms with E-state index >= 15 is 0 Å². The third-order valence-corrected chi connectivity index (χ3v) is 3.34. The summed E-state index contributed by atoms with van der Waals surface area (Å²) in [6.07, 6.45) is 2.15. The van der Waals surface area contributed by atoms with Crippen LogP contribution < -0.4 is 14.8 Å². The predicted octanol–water partition coefficient (Wildman–Crippen LogP) is 3.25. The average Bonchev–Trinajstić information content (AvgIpc) is 2.89. The van der Waals surface area contributed by atoms with Crippen LogP contribution in [0.1, 0.15) is 26.3 Å². The number of methoxy groups -OCH3 is 2. The number of carbonyl (C=O) groups is 1. The van der Waals surface area contributed by atoms with Crippen molar-refractivity contribution in [2.45, 2.75) is 32.8 Å². The maximum Gasteiger partial charge on any atom is 0.407 e. The van der Waals surface area contributed by atoms with Gasteiger partial charge in [-0.05, 0) is 44.9 Å². The molecule has 0 aliphatic heterocycles. The van der Waals surface area contributed by atoms with Crippen molar-refractivity contribution in [1.82, 2.24) is 10.3 Å². The van der Waals surface area contributed by atoms with Crippen LogP contribution in [0.5, 0.6) is 11.5 Å². The summed E-state index contributed by atoms with van der Waals surface area (Å²) in [4.78, 5) is 14.9. The molecule has 23 heavy (non-hydrogen) atoms. The Kier molecular flexibility index (Phi) is 5.03. The van der Waals surface area contributed by atoms with Gasteiger partial charge < -0.3 is 24.5 Å². The molecule has 0 spiro atoms. The maximum atomic E-state index is 11.7. The highest BCUT2D eigenvalue weighted by Gasteiger charge is 2.17. The van der Waals surface area contributed by atoms with Crippen LogP contribution >= 0.6 is 0 Å². The van der Waals surface area contributed by atoms with Crippen molar-refractivity contribution in [1.29, 1.82) is 0 Å². The Morgan fingerprint density at radius 3 is 2.43 bits per heavy atom. The molecule has 1 aromatic heterocycles. The van der Waals surface area contributed by atoms with E-state index in [1.165, 1.54) is 0 Å². The Morgan fingerprint density at radius 2 is 1.83 bits per heavy atom. The van der Waals surface area contributed by atoms with Gasteiger partial charge in [0.25, 0.3) is 0 Å². The SMILES string of the molecule is COc1ccc(OC)c2c(CCNC(=O)OC(C)(C)C)c[nH]c12. The van der Waals surface area contributed by atoms with Crippen molar-refractivity contribution in [3.8, 4) is 11.5 Å². The molecule has 2 N–H and O–H groups in total. The van der Waals surface area contributed by atoms with E-state index in [9.17, 15) is 4.79 Å². The van der Waals surface area contributed by atoms with Crippen LogP contribution in [0.4, 0.5) is 4.79 Å². The van der Waals surface area contributed by atoms with Crippen LogP contribution in [0.25, 0.3) is 10.9 Å². The second kappa shape index (κ2) is 6.81. The molecule has 0 bridgehead atoms. The molecule has 0 aliphatic carbocycles. The lowest BCUT2D eigenvalue weighted by Crippen LogP contribution is -2.33. The number of aromatic nitrogens is 1. The summed E-state index contributed by atoms with van der Waals surface area (Å²) < 4.78 is 16.0. The number of nitrogens with one attached hydrogen (secondary N) is 2. The van der Waals surface area contributed by atoms with Gasteiger partial charge in [0, 0.05) is 18.1 Å². The summed E-state index contributed by atoms with van der Waals surface area (Å²) >= 11 is 0. The van der Waals surface area contributed by atoms with Gasteiger partial charge in [-0.2, -0.15) is 0 Å². The molecule has 2 aromatic rings. The zero-order chi connectivity index (χ0) is 17.0. The third kappa shape index (κ3) is 4.09. The first kappa shape index (κ1) is 17.0. The van der Waals surface area contributed by atoms with E-state index in [0.29, 0.717) is 13.0 Å². The number of rotatable bonds is 5. The first-order valence-electron chi connectivity index (χ1n) is 7.53. The summed E-state index contributed by atoms with van der Waals surface area (Å²) in [5.74, 6) is 1.53. The van der Waals surface area contributed by atoms with Crippen molar-refractivity contribution < 1.29 is 19.0 Å². The predicted molar refractivity (Wildman–Crippen MR) is 89.3 cm³/mol. The number of alkyl carbamates (subject to hydrolysis) is 1. The van der Waals surface area contributed by atoms with Crippen molar-refractivity contribution in [2.24, 2.45) is 0 Å². The lowest BCUT2D eigenvalue weighted by molar-refractivity contribution is 0.0528. The zero-order valence-corrected chi connectivity index (χ0v) is 14.3. The first-order chi connectivity index (χ1) is 10.9. The molecule has 1 aromatic carbocycles. The summed E-state index contributed by atoms with van der Waals surface area (Å²) in [5.41, 5.74) is 1.44. The minimum absolute atomic E-state index is 0.415. The Bertz CT molecular complexity index is 686. The average molecular weight is 320 g/mol. The molecule has 0 fully saturated rings. The van der Waals surface area contributed by atoms with Crippen LogP contribution in [0.2, 0.25) is 0 Å². The smallest absolute Gasteiger partial charge is 0.407 e. The number of hydrogen-bond acceptors (Lipinski definition) is 4. The van der Waals surface area contributed by atoms with Crippen molar-refractivity contribution in [3.63, 3.8) is 0 Å². The normalized spacial score (nSPS) is 11.3. The maximum absolute atomic E-state index is 11.7. The fraction of sp³-hybridized carbons (Fsp3) is 0.471. The molecule has 0 saturated heterocycles. The van der Waals surface area contributed by atoms with E-state index < -0.39 is 11.7 Å². The molecule has 126 valence electrons. The molecular weight excluding hydrogens is 296 g/mol. The Balaban J connectivity index is 2.10. The molecule has 2 rings (SSSR count). The molecule has 0 radical (unpaired) electrons. The van der Waals surface area contributed by atoms with Gasteiger partial charge in [0.15, 0.2) is 0 Å². The molecular formula is C17H24N2O4. The molecule has 1 amide bonds. The molecule has 1 heterocycles. The number of benzene rings is 1. The Hall–Kier alpha value is -2.37. The van der Waals surface area contributed by atoms with Gasteiger partial charge in [-0.3, -0.25) is 0 Å². The lowest BCUT2D eigenvalue weighted by Gasteiger charge is -2.19. The van der Waals surface area contributed by atoms with Crippen LogP contribution in [-0.2, 0) is 11.2 Å². The second-order valence-corrected chi connectivity index (χ2v) is 6.21. The number of fused-ring (bicyclic) bond motifs is 1. The largest absolute Gasteiger partial charge is 0.496 e. The van der Waals surface area contributed by atoms with Crippen LogP contribution in [0.3, 0.4) is 0 Å². The number of H-pyrrole nitrogens is 1. The van der Waals surface area contributed by atoms with Crippen LogP contribution in [0, 0.1) is 0 Å². The highest BCUT2D eigenvalue weighted by atomic mass is 16.6. The molecule has 6 nitrogen and oxygen atoms in total. The number of aromatic amines is 1. The van der Waals surface area contributed by atoms with Crippen molar-refractivity contribution in [2.75, 3.05) is 20.8 Å². The minimum atomic E-state index is -0.499.